The summed E-state index contributed by atoms with van der Waals surface area (Å²) in [6.07, 6.45) is -0.802. The second kappa shape index (κ2) is 11.2. The van der Waals surface area contributed by atoms with Gasteiger partial charge >= 0.3 is 12.1 Å². The molecule has 0 saturated carbocycles. The van der Waals surface area contributed by atoms with Crippen LogP contribution in [0.15, 0.2) is 53.1 Å². The molecule has 202 valence electrons. The van der Waals surface area contributed by atoms with Gasteiger partial charge in [-0.25, -0.2) is 9.59 Å². The molecule has 0 unspecified atom stereocenters. The van der Waals surface area contributed by atoms with E-state index in [1.165, 1.54) is 45.4 Å². The predicted molar refractivity (Wildman–Crippen MR) is 142 cm³/mol. The van der Waals surface area contributed by atoms with E-state index in [-0.39, 0.29) is 45.1 Å². The fourth-order valence-electron chi connectivity index (χ4n) is 3.92. The van der Waals surface area contributed by atoms with Gasteiger partial charge in [-0.2, -0.15) is 5.26 Å². The summed E-state index contributed by atoms with van der Waals surface area (Å²) in [6, 6.07) is 13.5. The van der Waals surface area contributed by atoms with Crippen LogP contribution in [0.4, 0.5) is 21.9 Å². The number of hydrogen-bond donors (Lipinski definition) is 4. The lowest BCUT2D eigenvalue weighted by Crippen LogP contribution is -2.16. The Bertz CT molecular complexity index is 1720. The van der Waals surface area contributed by atoms with Crippen LogP contribution in [0.3, 0.4) is 0 Å². The molecule has 0 aliphatic carbocycles. The minimum Gasteiger partial charge on any atom is -0.496 e. The zero-order valence-corrected chi connectivity index (χ0v) is 21.3. The highest BCUT2D eigenvalue weighted by molar-refractivity contribution is 6.14. The molecule has 4 N–H and O–H groups in total. The molecule has 1 aromatic heterocycles. The number of carbonyl (C=O) groups excluding carboxylic acids is 3. The van der Waals surface area contributed by atoms with E-state index in [0.29, 0.717) is 22.6 Å². The van der Waals surface area contributed by atoms with Crippen LogP contribution in [0, 0.1) is 11.3 Å². The molecule has 40 heavy (non-hydrogen) atoms. The number of nitrogens with one attached hydrogen (secondary N) is 3. The lowest BCUT2D eigenvalue weighted by molar-refractivity contribution is -0.114. The molecule has 13 heteroatoms. The lowest BCUT2D eigenvalue weighted by atomic mass is 9.99. The molecule has 3 amide bonds. The van der Waals surface area contributed by atoms with Gasteiger partial charge < -0.3 is 29.7 Å². The maximum absolute atomic E-state index is 13.1. The first-order valence-electron chi connectivity index (χ1n) is 11.5. The normalized spacial score (nSPS) is 10.3. The molecule has 4 rings (SSSR count). The molecule has 4 aromatic rings. The number of ether oxygens (including phenoxy) is 2. The van der Waals surface area contributed by atoms with Crippen molar-refractivity contribution >= 4 is 51.9 Å². The summed E-state index contributed by atoms with van der Waals surface area (Å²) in [5.41, 5.74) is 1.22. The molecular formula is C27H21N5O8. The largest absolute Gasteiger partial charge is 0.496 e. The van der Waals surface area contributed by atoms with Crippen LogP contribution < -0.4 is 20.7 Å². The number of carboxylic acid groups (broad SMARTS) is 1. The third-order valence-corrected chi connectivity index (χ3v) is 5.68. The number of rotatable bonds is 7. The first-order chi connectivity index (χ1) is 19.1. The number of benzene rings is 3. The highest BCUT2D eigenvalue weighted by atomic mass is 16.5. The van der Waals surface area contributed by atoms with E-state index in [4.69, 9.17) is 19.3 Å². The van der Waals surface area contributed by atoms with Gasteiger partial charge in [-0.05, 0) is 48.5 Å². The number of carboxylic acids is 1. The van der Waals surface area contributed by atoms with Crippen LogP contribution in [0.25, 0.3) is 22.1 Å². The van der Waals surface area contributed by atoms with Gasteiger partial charge in [0, 0.05) is 23.7 Å². The van der Waals surface area contributed by atoms with Crippen molar-refractivity contribution in [2.45, 2.75) is 6.92 Å². The summed E-state index contributed by atoms with van der Waals surface area (Å²) in [7, 11) is 2.63. The third-order valence-electron chi connectivity index (χ3n) is 5.68. The van der Waals surface area contributed by atoms with E-state index in [9.17, 15) is 24.3 Å². The number of methoxy groups -OCH3 is 2. The van der Waals surface area contributed by atoms with E-state index < -0.39 is 18.0 Å². The first kappa shape index (κ1) is 27.1. The molecule has 13 nitrogen and oxygen atoms in total. The molecule has 0 spiro atoms. The number of hydrogen-bond acceptors (Lipinski definition) is 9. The topological polar surface area (TPSA) is 193 Å². The maximum atomic E-state index is 13.1. The number of fused-ring (bicyclic) bond motifs is 1. The molecule has 0 atom stereocenters. The van der Waals surface area contributed by atoms with Gasteiger partial charge in [-0.3, -0.25) is 14.9 Å². The Hall–Kier alpha value is -5.90. The molecule has 0 fully saturated rings. The molecule has 0 aliphatic rings. The van der Waals surface area contributed by atoms with Crippen LogP contribution in [-0.4, -0.2) is 48.4 Å². The summed E-state index contributed by atoms with van der Waals surface area (Å²) in [5, 5.41) is 30.4. The highest BCUT2D eigenvalue weighted by Gasteiger charge is 2.23. The second-order valence-electron chi connectivity index (χ2n) is 8.27. The molecule has 0 bridgehead atoms. The van der Waals surface area contributed by atoms with Crippen LogP contribution in [0.2, 0.25) is 0 Å². The van der Waals surface area contributed by atoms with Crippen molar-refractivity contribution in [2.24, 2.45) is 0 Å². The quantitative estimate of drug-likeness (QED) is 0.258. The Labute approximate surface area is 226 Å². The number of nitrogens with zero attached hydrogens (tertiary/aromatic N) is 2. The third kappa shape index (κ3) is 5.50. The van der Waals surface area contributed by atoms with Crippen molar-refractivity contribution in [1.29, 1.82) is 5.26 Å². The van der Waals surface area contributed by atoms with E-state index in [2.05, 4.69) is 21.1 Å². The van der Waals surface area contributed by atoms with Crippen molar-refractivity contribution in [1.82, 2.24) is 5.16 Å². The number of amides is 3. The van der Waals surface area contributed by atoms with Gasteiger partial charge in [-0.1, -0.05) is 5.16 Å². The Morgan fingerprint density at radius 1 is 0.950 bits per heavy atom. The molecule has 0 radical (unpaired) electrons. The maximum Gasteiger partial charge on any atom is 0.411 e. The number of aromatic nitrogens is 1. The van der Waals surface area contributed by atoms with Crippen molar-refractivity contribution in [3.63, 3.8) is 0 Å². The minimum absolute atomic E-state index is 0.0586. The molecular weight excluding hydrogens is 522 g/mol. The zero-order chi connectivity index (χ0) is 29.0. The summed E-state index contributed by atoms with van der Waals surface area (Å²) >= 11 is 0. The average molecular weight is 543 g/mol. The van der Waals surface area contributed by atoms with Gasteiger partial charge in [0.1, 0.15) is 5.75 Å². The Kier molecular flexibility index (Phi) is 7.62. The predicted octanol–water partition coefficient (Wildman–Crippen LogP) is 4.46. The van der Waals surface area contributed by atoms with Gasteiger partial charge in [0.05, 0.1) is 48.2 Å². The molecule has 3 aromatic carbocycles. The van der Waals surface area contributed by atoms with Gasteiger partial charge in [0.15, 0.2) is 11.3 Å². The monoisotopic (exact) mass is 543 g/mol. The van der Waals surface area contributed by atoms with Gasteiger partial charge in [0.25, 0.3) is 5.91 Å². The fraction of sp³-hybridized carbons (Fsp3) is 0.111. The molecule has 1 heterocycles. The van der Waals surface area contributed by atoms with E-state index in [0.717, 1.165) is 6.07 Å². The van der Waals surface area contributed by atoms with Gasteiger partial charge in [0.2, 0.25) is 5.91 Å². The van der Waals surface area contributed by atoms with E-state index in [1.54, 1.807) is 18.2 Å². The van der Waals surface area contributed by atoms with Crippen molar-refractivity contribution < 1.29 is 38.3 Å². The highest BCUT2D eigenvalue weighted by Crippen LogP contribution is 2.40. The number of aromatic carboxylic acids is 1. The number of nitriles is 1. The van der Waals surface area contributed by atoms with Crippen LogP contribution in [-0.2, 0) is 9.53 Å². The second-order valence-corrected chi connectivity index (χ2v) is 8.27. The Balaban J connectivity index is 1.83. The SMILES string of the molecule is COC(=O)Nc1cc2c(C(=O)Nc3ccc(C#N)cc3C(=O)O)noc2cc1-c1cc(NC(C)=O)ccc1OC. The number of anilines is 3. The lowest BCUT2D eigenvalue weighted by Gasteiger charge is -2.15. The van der Waals surface area contributed by atoms with Gasteiger partial charge in [-0.15, -0.1) is 0 Å². The Morgan fingerprint density at radius 3 is 2.38 bits per heavy atom. The van der Waals surface area contributed by atoms with E-state index in [1.807, 2.05) is 6.07 Å². The summed E-state index contributed by atoms with van der Waals surface area (Å²) in [5.74, 6) is -2.03. The summed E-state index contributed by atoms with van der Waals surface area (Å²) < 4.78 is 15.6. The van der Waals surface area contributed by atoms with Crippen molar-refractivity contribution in [2.75, 3.05) is 30.2 Å². The minimum atomic E-state index is -1.35. The molecule has 0 saturated heterocycles. The van der Waals surface area contributed by atoms with E-state index >= 15 is 0 Å². The Morgan fingerprint density at radius 2 is 1.73 bits per heavy atom. The zero-order valence-electron chi connectivity index (χ0n) is 21.3. The standard InChI is InChI=1S/C27H21N5O8/c1-13(33)29-15-5-7-22(38-2)17(9-15)16-11-23-19(10-21(16)31-27(37)39-3)24(32-40-23)25(34)30-20-6-4-14(12-28)8-18(20)26(35)36/h4-11H,1-3H3,(H,29,33)(H,30,34)(H,31,37)(H,35,36). The first-order valence-corrected chi connectivity index (χ1v) is 11.5. The van der Waals surface area contributed by atoms with Crippen LogP contribution in [0.1, 0.15) is 33.3 Å². The molecule has 0 aliphatic heterocycles. The fourth-order valence-corrected chi connectivity index (χ4v) is 3.92. The van der Waals surface area contributed by atoms with Crippen LogP contribution >= 0.6 is 0 Å². The summed E-state index contributed by atoms with van der Waals surface area (Å²) in [4.78, 5) is 48.6. The number of carbonyl (C=O) groups is 4. The van der Waals surface area contributed by atoms with Crippen molar-refractivity contribution in [3.8, 4) is 22.9 Å². The smallest absolute Gasteiger partial charge is 0.411 e. The summed E-state index contributed by atoms with van der Waals surface area (Å²) in [6.45, 7) is 1.36. The van der Waals surface area contributed by atoms with Crippen molar-refractivity contribution in [3.05, 3.63) is 65.4 Å². The average Bonchev–Trinajstić information content (AvgIpc) is 3.35. The van der Waals surface area contributed by atoms with Crippen LogP contribution in [0.5, 0.6) is 5.75 Å².